The van der Waals surface area contributed by atoms with Crippen LogP contribution in [0.1, 0.15) is 46.8 Å². The summed E-state index contributed by atoms with van der Waals surface area (Å²) in [6, 6.07) is 8.44. The highest BCUT2D eigenvalue weighted by Crippen LogP contribution is 2.31. The molecule has 0 spiro atoms. The molecule has 200 valence electrons. The Morgan fingerprint density at radius 2 is 1.32 bits per heavy atom. The lowest BCUT2D eigenvalue weighted by Gasteiger charge is -2.05. The minimum atomic E-state index is -4.37. The van der Waals surface area contributed by atoms with E-state index in [1.165, 1.54) is 26.0 Å². The Labute approximate surface area is 207 Å². The Balaban J connectivity index is 0.000000311. The van der Waals surface area contributed by atoms with Crippen LogP contribution in [0.2, 0.25) is 0 Å². The van der Waals surface area contributed by atoms with Crippen molar-refractivity contribution < 1.29 is 55.5 Å². The van der Waals surface area contributed by atoms with Crippen molar-refractivity contribution in [3.05, 3.63) is 76.7 Å². The molecule has 0 radical (unpaired) electrons. The molecule has 2 aromatic carbocycles. The first kappa shape index (κ1) is 30.9. The number of oxazole rings is 1. The SMILES string of the molecule is CC(=O)C(C)=NO.Cc1oc(-c2ccc(C(F)(F)F)cc2)[n+](O)c1C.O=Cc1ccc(C(F)(F)F)cc1. The van der Waals surface area contributed by atoms with Gasteiger partial charge in [-0.2, -0.15) is 26.3 Å². The number of carbonyl (C=O) groups excluding carboxylic acids is 2. The second-order valence-electron chi connectivity index (χ2n) is 7.41. The number of nitrogens with zero attached hydrogens (tertiary/aromatic N) is 2. The Hall–Kier alpha value is -4.16. The Morgan fingerprint density at radius 1 is 0.892 bits per heavy atom. The number of rotatable bonds is 3. The standard InChI is InChI=1S/C12H11F3NO2.C8H5F3O.C4H7NO2/c1-7-8(2)18-11(16(7)17)9-3-5-10(6-4-9)12(13,14)15;9-8(10,11)7-3-1-6(5-12)2-4-7;1-3(5-7)4(2)6/h3-6,17H,1-2H3;1-5H;7H,1-2H3/q+1;;. The third-order valence-corrected chi connectivity index (χ3v) is 4.76. The quantitative estimate of drug-likeness (QED) is 0.0812. The molecule has 37 heavy (non-hydrogen) atoms. The number of aromatic nitrogens is 1. The lowest BCUT2D eigenvalue weighted by molar-refractivity contribution is -0.901. The summed E-state index contributed by atoms with van der Waals surface area (Å²) in [4.78, 5) is 20.2. The molecule has 7 nitrogen and oxygen atoms in total. The Morgan fingerprint density at radius 3 is 1.59 bits per heavy atom. The highest BCUT2D eigenvalue weighted by Gasteiger charge is 2.32. The number of halogens is 6. The van der Waals surface area contributed by atoms with E-state index in [-0.39, 0.29) is 22.9 Å². The van der Waals surface area contributed by atoms with Gasteiger partial charge in [0.1, 0.15) is 12.0 Å². The fourth-order valence-corrected chi connectivity index (χ4v) is 2.37. The van der Waals surface area contributed by atoms with E-state index in [1.54, 1.807) is 13.8 Å². The summed E-state index contributed by atoms with van der Waals surface area (Å²) in [5.74, 6) is 0.411. The minimum Gasteiger partial charge on any atom is -0.411 e. The molecule has 3 rings (SSSR count). The molecule has 3 aromatic rings. The van der Waals surface area contributed by atoms with Gasteiger partial charge in [0.2, 0.25) is 0 Å². The van der Waals surface area contributed by atoms with E-state index in [0.29, 0.717) is 23.3 Å². The molecular weight excluding hydrogens is 510 g/mol. The molecule has 0 amide bonds. The zero-order valence-corrected chi connectivity index (χ0v) is 20.0. The van der Waals surface area contributed by atoms with E-state index in [4.69, 9.17) is 9.62 Å². The monoisotopic (exact) mass is 533 g/mol. The van der Waals surface area contributed by atoms with Gasteiger partial charge in [-0.1, -0.05) is 17.3 Å². The number of oxime groups is 1. The maximum atomic E-state index is 12.4. The van der Waals surface area contributed by atoms with Crippen molar-refractivity contribution in [2.45, 2.75) is 40.0 Å². The fraction of sp³-hybridized carbons (Fsp3) is 0.250. The van der Waals surface area contributed by atoms with Crippen LogP contribution in [-0.2, 0) is 17.1 Å². The van der Waals surface area contributed by atoms with Crippen molar-refractivity contribution in [2.24, 2.45) is 5.16 Å². The predicted octanol–water partition coefficient (Wildman–Crippen LogP) is 6.05. The molecule has 0 aliphatic heterocycles. The van der Waals surface area contributed by atoms with Crippen LogP contribution in [0.4, 0.5) is 26.3 Å². The number of aldehydes is 1. The third-order valence-electron chi connectivity index (χ3n) is 4.76. The molecule has 2 N–H and O–H groups in total. The van der Waals surface area contributed by atoms with Gasteiger partial charge in [0.15, 0.2) is 11.5 Å². The molecule has 0 saturated heterocycles. The molecule has 0 fully saturated rings. The van der Waals surface area contributed by atoms with E-state index in [0.717, 1.165) is 41.1 Å². The van der Waals surface area contributed by atoms with E-state index in [2.05, 4.69) is 5.16 Å². The van der Waals surface area contributed by atoms with Gasteiger partial charge in [-0.05, 0) is 43.3 Å². The molecule has 0 aliphatic carbocycles. The third kappa shape index (κ3) is 9.09. The van der Waals surface area contributed by atoms with Gasteiger partial charge in [-0.15, -0.1) is 0 Å². The van der Waals surface area contributed by atoms with Crippen LogP contribution in [-0.4, -0.2) is 28.2 Å². The van der Waals surface area contributed by atoms with Crippen LogP contribution in [0.5, 0.6) is 0 Å². The first-order chi connectivity index (χ1) is 17.0. The number of alkyl halides is 6. The molecule has 0 aliphatic rings. The average molecular weight is 533 g/mol. The molecule has 0 unspecified atom stereocenters. The number of hydrogen-bond donors (Lipinski definition) is 2. The van der Waals surface area contributed by atoms with Crippen LogP contribution in [0, 0.1) is 13.8 Å². The van der Waals surface area contributed by atoms with E-state index >= 15 is 0 Å². The van der Waals surface area contributed by atoms with Gasteiger partial charge < -0.3 is 9.62 Å². The molecule has 1 heterocycles. The van der Waals surface area contributed by atoms with Gasteiger partial charge in [0.05, 0.1) is 21.4 Å². The van der Waals surface area contributed by atoms with Crippen molar-refractivity contribution in [3.8, 4) is 11.5 Å². The molecule has 0 atom stereocenters. The van der Waals surface area contributed by atoms with Crippen LogP contribution < -0.4 is 4.73 Å². The molecule has 1 aromatic heterocycles. The summed E-state index contributed by atoms with van der Waals surface area (Å²) in [6.07, 6.45) is -8.20. The normalized spacial score (nSPS) is 11.6. The van der Waals surface area contributed by atoms with Crippen LogP contribution in [0.3, 0.4) is 0 Å². The van der Waals surface area contributed by atoms with Crippen LogP contribution in [0.25, 0.3) is 11.5 Å². The van der Waals surface area contributed by atoms with Gasteiger partial charge in [-0.3, -0.25) is 14.8 Å². The summed E-state index contributed by atoms with van der Waals surface area (Å²) in [7, 11) is 0. The zero-order chi connectivity index (χ0) is 28.6. The van der Waals surface area contributed by atoms with Gasteiger partial charge >= 0.3 is 18.2 Å². The molecule has 0 saturated carbocycles. The average Bonchev–Trinajstić information content (AvgIpc) is 3.10. The number of carbonyl (C=O) groups is 2. The van der Waals surface area contributed by atoms with Crippen molar-refractivity contribution in [1.29, 1.82) is 0 Å². The highest BCUT2D eigenvalue weighted by atomic mass is 19.4. The van der Waals surface area contributed by atoms with Crippen molar-refractivity contribution >= 4 is 17.8 Å². The molecular formula is C24H23F6N2O5+. The van der Waals surface area contributed by atoms with Crippen molar-refractivity contribution in [1.82, 2.24) is 0 Å². The summed E-state index contributed by atoms with van der Waals surface area (Å²) in [6.45, 7) is 6.10. The van der Waals surface area contributed by atoms with Crippen molar-refractivity contribution in [3.63, 3.8) is 0 Å². The lowest BCUT2D eigenvalue weighted by Crippen LogP contribution is -2.33. The second-order valence-corrected chi connectivity index (χ2v) is 7.41. The first-order valence-electron chi connectivity index (χ1n) is 10.2. The number of benzene rings is 2. The van der Waals surface area contributed by atoms with Crippen molar-refractivity contribution in [2.75, 3.05) is 0 Å². The highest BCUT2D eigenvalue weighted by molar-refractivity contribution is 6.37. The van der Waals surface area contributed by atoms with E-state index in [9.17, 15) is 41.1 Å². The number of ketones is 1. The largest absolute Gasteiger partial charge is 0.429 e. The van der Waals surface area contributed by atoms with E-state index in [1.807, 2.05) is 0 Å². The zero-order valence-electron chi connectivity index (χ0n) is 20.0. The predicted molar refractivity (Wildman–Crippen MR) is 118 cm³/mol. The Bertz CT molecular complexity index is 1230. The number of Topliss-reactive ketones (excluding diaryl/α,β-unsaturated/α-hetero) is 1. The van der Waals surface area contributed by atoms with E-state index < -0.39 is 23.5 Å². The first-order valence-corrected chi connectivity index (χ1v) is 10.2. The summed E-state index contributed by atoms with van der Waals surface area (Å²) in [5, 5.41) is 20.2. The van der Waals surface area contributed by atoms with Crippen LogP contribution >= 0.6 is 0 Å². The minimum absolute atomic E-state index is 0.110. The summed E-state index contributed by atoms with van der Waals surface area (Å²) in [5.41, 5.74) is -0.224. The Kier molecular flexibility index (Phi) is 10.6. The summed E-state index contributed by atoms with van der Waals surface area (Å²) >= 11 is 0. The smallest absolute Gasteiger partial charge is 0.411 e. The van der Waals surface area contributed by atoms with Gasteiger partial charge in [-0.25, -0.2) is 0 Å². The van der Waals surface area contributed by atoms with Gasteiger partial charge in [0, 0.05) is 26.3 Å². The summed E-state index contributed by atoms with van der Waals surface area (Å²) < 4.78 is 79.1. The maximum Gasteiger partial charge on any atom is 0.429 e. The topological polar surface area (TPSA) is 104 Å². The number of aryl methyl sites for hydroxylation is 1. The molecule has 0 bridgehead atoms. The molecule has 13 heteroatoms. The fourth-order valence-electron chi connectivity index (χ4n) is 2.37. The van der Waals surface area contributed by atoms with Crippen LogP contribution in [0.15, 0.2) is 58.1 Å². The van der Waals surface area contributed by atoms with Gasteiger partial charge in [0.25, 0.3) is 5.69 Å². The maximum absolute atomic E-state index is 12.4. The second kappa shape index (κ2) is 12.7. The number of hydrogen-bond acceptors (Lipinski definition) is 6. The lowest BCUT2D eigenvalue weighted by atomic mass is 10.1.